The number of ether oxygens (including phenoxy) is 3. The highest BCUT2D eigenvalue weighted by Gasteiger charge is 2.41. The van der Waals surface area contributed by atoms with E-state index in [4.69, 9.17) is 18.6 Å². The summed E-state index contributed by atoms with van der Waals surface area (Å²) in [5.74, 6) is 1.29. The average Bonchev–Trinajstić information content (AvgIpc) is 3.04. The number of benzene rings is 1. The molecule has 0 radical (unpaired) electrons. The Morgan fingerprint density at radius 3 is 2.65 bits per heavy atom. The second kappa shape index (κ2) is 7.71. The molecule has 0 spiro atoms. The van der Waals surface area contributed by atoms with E-state index in [1.165, 1.54) is 7.05 Å². The van der Waals surface area contributed by atoms with E-state index in [2.05, 4.69) is 45.8 Å². The highest BCUT2D eigenvalue weighted by molar-refractivity contribution is 6.74. The topological polar surface area (TPSA) is 66.0 Å². The molecule has 1 aliphatic heterocycles. The number of hydrogen-bond donors (Lipinski definition) is 1. The minimum absolute atomic E-state index is 0.00190. The summed E-state index contributed by atoms with van der Waals surface area (Å²) >= 11 is 0. The van der Waals surface area contributed by atoms with E-state index in [1.54, 1.807) is 6.08 Å². The molecule has 7 heteroatoms. The Hall–Kier alpha value is -1.99. The van der Waals surface area contributed by atoms with E-state index < -0.39 is 20.5 Å². The van der Waals surface area contributed by atoms with Gasteiger partial charge in [0.1, 0.15) is 12.7 Å². The van der Waals surface area contributed by atoms with Gasteiger partial charge in [0.2, 0.25) is 6.79 Å². The van der Waals surface area contributed by atoms with Crippen molar-refractivity contribution in [2.24, 2.45) is 0 Å². The van der Waals surface area contributed by atoms with Crippen LogP contribution in [0.1, 0.15) is 38.0 Å². The third kappa shape index (κ3) is 4.21. The first-order chi connectivity index (χ1) is 12.1. The molecule has 1 heterocycles. The number of amides is 1. The first kappa shape index (κ1) is 20.3. The highest BCUT2D eigenvalue weighted by atomic mass is 28.4. The first-order valence-corrected chi connectivity index (χ1v) is 11.6. The van der Waals surface area contributed by atoms with Crippen LogP contribution in [0.25, 0.3) is 6.08 Å². The van der Waals surface area contributed by atoms with Crippen LogP contribution in [-0.2, 0) is 9.16 Å². The Bertz CT molecular complexity index is 681. The Morgan fingerprint density at radius 2 is 2.08 bits per heavy atom. The fourth-order valence-electron chi connectivity index (χ4n) is 2.45. The maximum absolute atomic E-state index is 11.6. The van der Waals surface area contributed by atoms with Gasteiger partial charge in [-0.2, -0.15) is 0 Å². The number of nitrogens with one attached hydrogen (secondary N) is 1. The number of alkyl carbamates (subject to hydrolysis) is 1. The molecule has 144 valence electrons. The van der Waals surface area contributed by atoms with Crippen LogP contribution < -0.4 is 14.8 Å². The summed E-state index contributed by atoms with van der Waals surface area (Å²) in [6, 6.07) is 3.77. The summed E-state index contributed by atoms with van der Waals surface area (Å²) in [6.07, 6.45) is 0.774. The van der Waals surface area contributed by atoms with E-state index in [1.807, 2.05) is 12.1 Å². The van der Waals surface area contributed by atoms with Gasteiger partial charge in [0.25, 0.3) is 0 Å². The van der Waals surface area contributed by atoms with E-state index in [0.717, 1.165) is 11.1 Å². The van der Waals surface area contributed by atoms with Crippen LogP contribution in [-0.4, -0.2) is 34.9 Å². The molecule has 1 aromatic rings. The van der Waals surface area contributed by atoms with Gasteiger partial charge >= 0.3 is 6.09 Å². The molecule has 2 rings (SSSR count). The molecule has 1 aliphatic rings. The Kier molecular flexibility index (Phi) is 6.03. The molecule has 0 saturated heterocycles. The lowest BCUT2D eigenvalue weighted by molar-refractivity contribution is 0.0729. The lowest BCUT2D eigenvalue weighted by atomic mass is 10.0. The maximum Gasteiger partial charge on any atom is 0.406 e. The summed E-state index contributed by atoms with van der Waals surface area (Å²) in [5.41, 5.74) is 1.68. The van der Waals surface area contributed by atoms with Crippen molar-refractivity contribution in [1.82, 2.24) is 5.32 Å². The normalized spacial score (nSPS) is 14.7. The quantitative estimate of drug-likeness (QED) is 0.738. The smallest absolute Gasteiger partial charge is 0.406 e. The van der Waals surface area contributed by atoms with Crippen molar-refractivity contribution in [2.45, 2.75) is 45.0 Å². The van der Waals surface area contributed by atoms with Crippen LogP contribution in [0.15, 0.2) is 18.7 Å². The van der Waals surface area contributed by atoms with Gasteiger partial charge in [-0.1, -0.05) is 39.5 Å². The number of hydrogen-bond acceptors (Lipinski definition) is 5. The lowest BCUT2D eigenvalue weighted by Gasteiger charge is -2.39. The van der Waals surface area contributed by atoms with Crippen molar-refractivity contribution < 1.29 is 23.4 Å². The standard InChI is InChI=1S/C19H29NO5Si/c1-8-13-9-10-14-17(24-12-23-14)16(13)15(11-22-18(21)20-5)25-26(6,7)19(2,3)4/h8-10,15H,1,11-12H2,2-7H3,(H,20,21). The Morgan fingerprint density at radius 1 is 1.38 bits per heavy atom. The molecule has 6 nitrogen and oxygen atoms in total. The molecule has 0 saturated carbocycles. The zero-order chi connectivity index (χ0) is 19.5. The first-order valence-electron chi connectivity index (χ1n) is 8.68. The van der Waals surface area contributed by atoms with E-state index >= 15 is 0 Å². The van der Waals surface area contributed by atoms with Crippen LogP contribution in [0.5, 0.6) is 11.5 Å². The number of carbonyl (C=O) groups is 1. The fraction of sp³-hybridized carbons (Fsp3) is 0.526. The number of rotatable bonds is 6. The van der Waals surface area contributed by atoms with Crippen LogP contribution in [0.2, 0.25) is 18.1 Å². The third-order valence-electron chi connectivity index (χ3n) is 4.97. The van der Waals surface area contributed by atoms with E-state index in [9.17, 15) is 4.79 Å². The van der Waals surface area contributed by atoms with Crippen molar-refractivity contribution >= 4 is 20.5 Å². The van der Waals surface area contributed by atoms with E-state index in [-0.39, 0.29) is 18.4 Å². The second-order valence-electron chi connectivity index (χ2n) is 7.72. The van der Waals surface area contributed by atoms with Gasteiger partial charge in [0, 0.05) is 12.6 Å². The highest BCUT2D eigenvalue weighted by Crippen LogP contribution is 2.46. The molecule has 1 N–H and O–H groups in total. The van der Waals surface area contributed by atoms with Crippen LogP contribution in [0, 0.1) is 0 Å². The lowest BCUT2D eigenvalue weighted by Crippen LogP contribution is -2.43. The fourth-order valence-corrected chi connectivity index (χ4v) is 3.70. The van der Waals surface area contributed by atoms with Crippen molar-refractivity contribution in [2.75, 3.05) is 20.4 Å². The molecule has 0 fully saturated rings. The molecule has 26 heavy (non-hydrogen) atoms. The van der Waals surface area contributed by atoms with E-state index in [0.29, 0.717) is 11.5 Å². The molecule has 1 atom stereocenters. The van der Waals surface area contributed by atoms with Gasteiger partial charge < -0.3 is 24.0 Å². The van der Waals surface area contributed by atoms with Crippen molar-refractivity contribution in [3.05, 3.63) is 29.8 Å². The molecule has 0 aromatic heterocycles. The zero-order valence-corrected chi connectivity index (χ0v) is 17.5. The van der Waals surface area contributed by atoms with Crippen LogP contribution in [0.3, 0.4) is 0 Å². The van der Waals surface area contributed by atoms with Gasteiger partial charge in [-0.15, -0.1) is 0 Å². The maximum atomic E-state index is 11.6. The van der Waals surface area contributed by atoms with Gasteiger partial charge in [0.15, 0.2) is 19.8 Å². The molecule has 1 unspecified atom stereocenters. The minimum atomic E-state index is -2.14. The molecule has 1 aromatic carbocycles. The Labute approximate surface area is 156 Å². The summed E-state index contributed by atoms with van der Waals surface area (Å²) < 4.78 is 23.2. The predicted octanol–water partition coefficient (Wildman–Crippen LogP) is 4.48. The molecule has 1 amide bonds. The summed E-state index contributed by atoms with van der Waals surface area (Å²) in [7, 11) is -0.618. The van der Waals surface area contributed by atoms with Crippen LogP contribution in [0.4, 0.5) is 4.79 Å². The summed E-state index contributed by atoms with van der Waals surface area (Å²) in [6.45, 7) is 14.9. The SMILES string of the molecule is C=Cc1ccc2c(c1C(COC(=O)NC)O[Si](C)(C)C(C)(C)C)OCO2. The molecule has 0 aliphatic carbocycles. The molecular formula is C19H29NO5Si. The Balaban J connectivity index is 2.46. The average molecular weight is 380 g/mol. The van der Waals surface area contributed by atoms with Gasteiger partial charge in [-0.05, 0) is 29.8 Å². The van der Waals surface area contributed by atoms with Gasteiger partial charge in [-0.3, -0.25) is 0 Å². The van der Waals surface area contributed by atoms with Gasteiger partial charge in [0.05, 0.1) is 0 Å². The van der Waals surface area contributed by atoms with Gasteiger partial charge in [-0.25, -0.2) is 4.79 Å². The second-order valence-corrected chi connectivity index (χ2v) is 12.5. The summed E-state index contributed by atoms with van der Waals surface area (Å²) in [5, 5.41) is 2.47. The third-order valence-corrected chi connectivity index (χ3v) is 9.45. The minimum Gasteiger partial charge on any atom is -0.454 e. The zero-order valence-electron chi connectivity index (χ0n) is 16.5. The summed E-state index contributed by atoms with van der Waals surface area (Å²) in [4.78, 5) is 11.6. The van der Waals surface area contributed by atoms with Crippen molar-refractivity contribution in [3.8, 4) is 11.5 Å². The molecule has 0 bridgehead atoms. The monoisotopic (exact) mass is 379 g/mol. The largest absolute Gasteiger partial charge is 0.454 e. The molecular weight excluding hydrogens is 350 g/mol. The van der Waals surface area contributed by atoms with Crippen molar-refractivity contribution in [3.63, 3.8) is 0 Å². The van der Waals surface area contributed by atoms with Crippen LogP contribution >= 0.6 is 0 Å². The number of fused-ring (bicyclic) bond motifs is 1. The van der Waals surface area contributed by atoms with Crippen molar-refractivity contribution in [1.29, 1.82) is 0 Å². The predicted molar refractivity (Wildman–Crippen MR) is 104 cm³/mol. The number of carbonyl (C=O) groups excluding carboxylic acids is 1.